The number of rotatable bonds is 1. The van der Waals surface area contributed by atoms with Gasteiger partial charge in [-0.25, -0.2) is 0 Å². The average Bonchev–Trinajstić information content (AvgIpc) is 2.13. The zero-order valence-electron chi connectivity index (χ0n) is 6.55. The molecule has 2 nitrogen and oxygen atoms in total. The maximum atomic E-state index is 5.35. The largest absolute Gasteiger partial charge is 0.379 e. The predicted octanol–water partition coefficient (Wildman–Crippen LogP) is 1.10. The molecule has 1 unspecified atom stereocenters. The summed E-state index contributed by atoms with van der Waals surface area (Å²) in [7, 11) is 0. The molecule has 1 atom stereocenters. The predicted molar refractivity (Wildman–Crippen MR) is 41.8 cm³/mol. The van der Waals surface area contributed by atoms with Crippen LogP contribution in [-0.2, 0) is 4.74 Å². The molecule has 1 heterocycles. The van der Waals surface area contributed by atoms with Crippen LogP contribution in [0.1, 0.15) is 6.92 Å². The molecule has 1 fully saturated rings. The first-order valence-electron chi connectivity index (χ1n) is 3.77. The van der Waals surface area contributed by atoms with Gasteiger partial charge in [-0.3, -0.25) is 0 Å². The third-order valence-corrected chi connectivity index (χ3v) is 1.73. The van der Waals surface area contributed by atoms with E-state index in [0.717, 1.165) is 26.3 Å². The Kier molecular flexibility index (Phi) is 2.75. The Balaban J connectivity index is 2.37. The number of nitrogens with zero attached hydrogens (tertiary/aromatic N) is 1. The molecule has 0 aromatic heterocycles. The monoisotopic (exact) mass is 141 g/mol. The van der Waals surface area contributed by atoms with E-state index in [1.165, 1.54) is 0 Å². The summed E-state index contributed by atoms with van der Waals surface area (Å²) in [5.74, 6) is 0.639. The van der Waals surface area contributed by atoms with E-state index in [1.54, 1.807) is 0 Å². The van der Waals surface area contributed by atoms with Crippen molar-refractivity contribution < 1.29 is 4.74 Å². The minimum atomic E-state index is 0.639. The van der Waals surface area contributed by atoms with Gasteiger partial charge in [-0.05, 0) is 12.1 Å². The van der Waals surface area contributed by atoms with Crippen molar-refractivity contribution in [3.63, 3.8) is 0 Å². The van der Waals surface area contributed by atoms with Gasteiger partial charge >= 0.3 is 0 Å². The molecule has 0 saturated carbocycles. The van der Waals surface area contributed by atoms with E-state index in [0.29, 0.717) is 5.92 Å². The number of ether oxygens (including phenoxy) is 1. The Morgan fingerprint density at radius 1 is 1.70 bits per heavy atom. The van der Waals surface area contributed by atoms with E-state index in [-0.39, 0.29) is 0 Å². The molecule has 0 spiro atoms. The Bertz CT molecular complexity index is 114. The summed E-state index contributed by atoms with van der Waals surface area (Å²) in [5.41, 5.74) is 0. The Morgan fingerprint density at radius 3 is 3.20 bits per heavy atom. The van der Waals surface area contributed by atoms with E-state index in [2.05, 4.69) is 18.4 Å². The molecule has 0 bridgehead atoms. The summed E-state index contributed by atoms with van der Waals surface area (Å²) in [6, 6.07) is 0. The molecule has 58 valence electrons. The summed E-state index contributed by atoms with van der Waals surface area (Å²) >= 11 is 0. The lowest BCUT2D eigenvalue weighted by molar-refractivity contribution is 0.127. The zero-order valence-corrected chi connectivity index (χ0v) is 6.55. The van der Waals surface area contributed by atoms with Crippen LogP contribution in [0.4, 0.5) is 0 Å². The molecular weight excluding hydrogens is 126 g/mol. The van der Waals surface area contributed by atoms with Crippen molar-refractivity contribution in [1.29, 1.82) is 0 Å². The summed E-state index contributed by atoms with van der Waals surface area (Å²) < 4.78 is 5.35. The highest BCUT2D eigenvalue weighted by Gasteiger charge is 2.10. The van der Waals surface area contributed by atoms with Crippen molar-refractivity contribution in [3.8, 4) is 0 Å². The first-order valence-corrected chi connectivity index (χ1v) is 3.77. The van der Waals surface area contributed by atoms with E-state index in [9.17, 15) is 0 Å². The van der Waals surface area contributed by atoms with Gasteiger partial charge in [0.15, 0.2) is 0 Å². The van der Waals surface area contributed by atoms with Crippen LogP contribution >= 0.6 is 0 Å². The number of hydrogen-bond acceptors (Lipinski definition) is 2. The molecule has 0 aromatic carbocycles. The van der Waals surface area contributed by atoms with Crippen molar-refractivity contribution in [3.05, 3.63) is 12.8 Å². The zero-order chi connectivity index (χ0) is 7.40. The fourth-order valence-electron chi connectivity index (χ4n) is 1.18. The molecular formula is C8H15NO. The molecule has 1 aliphatic heterocycles. The van der Waals surface area contributed by atoms with Crippen LogP contribution in [0, 0.1) is 5.92 Å². The summed E-state index contributed by atoms with van der Waals surface area (Å²) in [6.45, 7) is 9.74. The van der Waals surface area contributed by atoms with Crippen molar-refractivity contribution in [2.75, 3.05) is 26.3 Å². The Hall–Kier alpha value is -0.500. The fraction of sp³-hybridized carbons (Fsp3) is 0.750. The highest BCUT2D eigenvalue weighted by atomic mass is 16.5. The first kappa shape index (κ1) is 7.61. The Labute approximate surface area is 62.5 Å². The van der Waals surface area contributed by atoms with Gasteiger partial charge in [-0.2, -0.15) is 0 Å². The minimum Gasteiger partial charge on any atom is -0.379 e. The van der Waals surface area contributed by atoms with Crippen molar-refractivity contribution in [2.24, 2.45) is 5.92 Å². The van der Waals surface area contributed by atoms with Crippen molar-refractivity contribution in [2.45, 2.75) is 6.92 Å². The quantitative estimate of drug-likeness (QED) is 0.542. The second kappa shape index (κ2) is 3.62. The molecule has 0 N–H and O–H groups in total. The van der Waals surface area contributed by atoms with Crippen molar-refractivity contribution >= 4 is 0 Å². The van der Waals surface area contributed by atoms with E-state index < -0.39 is 0 Å². The van der Waals surface area contributed by atoms with Crippen LogP contribution in [0.25, 0.3) is 0 Å². The Morgan fingerprint density at radius 2 is 2.50 bits per heavy atom. The lowest BCUT2D eigenvalue weighted by Gasteiger charge is -2.17. The third kappa shape index (κ3) is 2.03. The van der Waals surface area contributed by atoms with E-state index in [4.69, 9.17) is 4.74 Å². The highest BCUT2D eigenvalue weighted by molar-refractivity contribution is 4.74. The highest BCUT2D eigenvalue weighted by Crippen LogP contribution is 2.04. The third-order valence-electron chi connectivity index (χ3n) is 1.73. The minimum absolute atomic E-state index is 0.639. The van der Waals surface area contributed by atoms with Crippen LogP contribution in [0.2, 0.25) is 0 Å². The van der Waals surface area contributed by atoms with Gasteiger partial charge in [0.2, 0.25) is 0 Å². The SMILES string of the molecule is C=CN1CCOCC(C)C1. The maximum Gasteiger partial charge on any atom is 0.0641 e. The second-order valence-corrected chi connectivity index (χ2v) is 2.86. The van der Waals surface area contributed by atoms with E-state index >= 15 is 0 Å². The standard InChI is InChI=1S/C8H15NO/c1-3-9-4-5-10-7-8(2)6-9/h3,8H,1,4-7H2,2H3. The first-order chi connectivity index (χ1) is 4.83. The van der Waals surface area contributed by atoms with Crippen LogP contribution in [0.5, 0.6) is 0 Å². The molecule has 0 aliphatic carbocycles. The van der Waals surface area contributed by atoms with Gasteiger partial charge < -0.3 is 9.64 Å². The summed E-state index contributed by atoms with van der Waals surface area (Å²) in [4.78, 5) is 2.21. The van der Waals surface area contributed by atoms with Gasteiger partial charge in [-0.1, -0.05) is 13.5 Å². The number of hydrogen-bond donors (Lipinski definition) is 0. The van der Waals surface area contributed by atoms with Gasteiger partial charge in [-0.15, -0.1) is 0 Å². The van der Waals surface area contributed by atoms with Gasteiger partial charge in [0, 0.05) is 13.1 Å². The molecule has 1 aliphatic rings. The maximum absolute atomic E-state index is 5.35. The van der Waals surface area contributed by atoms with Gasteiger partial charge in [0.25, 0.3) is 0 Å². The van der Waals surface area contributed by atoms with Crippen LogP contribution in [-0.4, -0.2) is 31.2 Å². The topological polar surface area (TPSA) is 12.5 Å². The molecule has 0 amide bonds. The lowest BCUT2D eigenvalue weighted by Crippen LogP contribution is -2.23. The second-order valence-electron chi connectivity index (χ2n) is 2.86. The van der Waals surface area contributed by atoms with Crippen LogP contribution in [0.3, 0.4) is 0 Å². The van der Waals surface area contributed by atoms with E-state index in [1.807, 2.05) is 6.20 Å². The lowest BCUT2D eigenvalue weighted by atomic mass is 10.2. The molecule has 0 radical (unpaired) electrons. The van der Waals surface area contributed by atoms with Gasteiger partial charge in [0.1, 0.15) is 0 Å². The molecule has 1 saturated heterocycles. The normalized spacial score (nSPS) is 27.7. The summed E-state index contributed by atoms with van der Waals surface area (Å²) in [6.07, 6.45) is 1.89. The summed E-state index contributed by atoms with van der Waals surface area (Å²) in [5, 5.41) is 0. The average molecular weight is 141 g/mol. The molecule has 2 heteroatoms. The smallest absolute Gasteiger partial charge is 0.0641 e. The van der Waals surface area contributed by atoms with Gasteiger partial charge in [0.05, 0.1) is 13.2 Å². The molecule has 1 rings (SSSR count). The molecule has 0 aromatic rings. The van der Waals surface area contributed by atoms with Crippen LogP contribution < -0.4 is 0 Å². The fourth-order valence-corrected chi connectivity index (χ4v) is 1.18. The molecule has 10 heavy (non-hydrogen) atoms. The van der Waals surface area contributed by atoms with Crippen molar-refractivity contribution in [1.82, 2.24) is 4.90 Å². The van der Waals surface area contributed by atoms with Crippen LogP contribution in [0.15, 0.2) is 12.8 Å².